The van der Waals surface area contributed by atoms with Crippen LogP contribution in [-0.2, 0) is 0 Å². The van der Waals surface area contributed by atoms with Gasteiger partial charge in [-0.3, -0.25) is 10.1 Å². The fourth-order valence-electron chi connectivity index (χ4n) is 3.32. The first kappa shape index (κ1) is 18.2. The van der Waals surface area contributed by atoms with Crippen molar-refractivity contribution in [3.05, 3.63) is 88.6 Å². The Morgan fingerprint density at radius 3 is 2.43 bits per heavy atom. The Morgan fingerprint density at radius 1 is 1.00 bits per heavy atom. The van der Waals surface area contributed by atoms with Gasteiger partial charge in [0, 0.05) is 28.0 Å². The molecule has 2 aromatic carbocycles. The van der Waals surface area contributed by atoms with E-state index in [0.29, 0.717) is 10.7 Å². The average Bonchev–Trinajstić information content (AvgIpc) is 3.28. The molecular formula is C23H21N3OS. The van der Waals surface area contributed by atoms with Crippen LogP contribution in [0.3, 0.4) is 0 Å². The highest BCUT2D eigenvalue weighted by atomic mass is 32.1. The maximum Gasteiger partial charge on any atom is 0.259 e. The quantitative estimate of drug-likeness (QED) is 0.482. The summed E-state index contributed by atoms with van der Waals surface area (Å²) in [5.74, 6) is -0.138. The zero-order valence-electron chi connectivity index (χ0n) is 16.1. The van der Waals surface area contributed by atoms with Gasteiger partial charge in [-0.2, -0.15) is 0 Å². The molecule has 140 valence electrons. The number of nitrogens with one attached hydrogen (secondary N) is 1. The van der Waals surface area contributed by atoms with Gasteiger partial charge in [-0.25, -0.2) is 4.98 Å². The maximum absolute atomic E-state index is 12.9. The Hall–Kier alpha value is -3.18. The molecule has 4 nitrogen and oxygen atoms in total. The van der Waals surface area contributed by atoms with Crippen LogP contribution in [0.5, 0.6) is 0 Å². The van der Waals surface area contributed by atoms with Crippen molar-refractivity contribution in [3.63, 3.8) is 0 Å². The number of aromatic nitrogens is 2. The van der Waals surface area contributed by atoms with Crippen LogP contribution in [0.25, 0.3) is 16.9 Å². The number of carbonyl (C=O) groups is 1. The molecule has 0 radical (unpaired) electrons. The van der Waals surface area contributed by atoms with Crippen molar-refractivity contribution >= 4 is 22.4 Å². The normalized spacial score (nSPS) is 10.8. The molecule has 0 saturated carbocycles. The molecule has 0 saturated heterocycles. The topological polar surface area (TPSA) is 46.9 Å². The van der Waals surface area contributed by atoms with Crippen LogP contribution in [0.1, 0.15) is 27.3 Å². The lowest BCUT2D eigenvalue weighted by Gasteiger charge is -2.10. The molecule has 4 rings (SSSR count). The maximum atomic E-state index is 12.9. The van der Waals surface area contributed by atoms with Gasteiger partial charge in [-0.1, -0.05) is 48.0 Å². The standard InChI is InChI=1S/C23H21N3OS/c1-15-9-11-19(12-10-15)26-16(2)13-20(17(26)3)22(27)25-23-24-21(14-28-23)18-7-5-4-6-8-18/h4-14H,1-3H3,(H,24,25,27). The Balaban J connectivity index is 1.59. The summed E-state index contributed by atoms with van der Waals surface area (Å²) in [6.45, 7) is 6.05. The van der Waals surface area contributed by atoms with E-state index >= 15 is 0 Å². The van der Waals surface area contributed by atoms with Crippen LogP contribution in [0.2, 0.25) is 0 Å². The van der Waals surface area contributed by atoms with E-state index in [4.69, 9.17) is 0 Å². The number of aryl methyl sites for hydroxylation is 2. The second kappa shape index (κ2) is 7.44. The summed E-state index contributed by atoms with van der Waals surface area (Å²) in [7, 11) is 0. The minimum Gasteiger partial charge on any atom is -0.318 e. The molecule has 5 heteroatoms. The number of thiazole rings is 1. The number of hydrogen-bond donors (Lipinski definition) is 1. The van der Waals surface area contributed by atoms with Crippen molar-refractivity contribution in [1.82, 2.24) is 9.55 Å². The minimum absolute atomic E-state index is 0.138. The third-order valence-corrected chi connectivity index (χ3v) is 5.52. The Morgan fingerprint density at radius 2 is 1.71 bits per heavy atom. The lowest BCUT2D eigenvalue weighted by atomic mass is 10.2. The Labute approximate surface area is 168 Å². The van der Waals surface area contributed by atoms with Gasteiger partial charge >= 0.3 is 0 Å². The van der Waals surface area contributed by atoms with E-state index in [0.717, 1.165) is 28.3 Å². The van der Waals surface area contributed by atoms with E-state index in [1.807, 2.05) is 55.6 Å². The van der Waals surface area contributed by atoms with Crippen molar-refractivity contribution in [3.8, 4) is 16.9 Å². The predicted octanol–water partition coefficient (Wildman–Crippen LogP) is 5.78. The molecule has 0 spiro atoms. The third-order valence-electron chi connectivity index (χ3n) is 4.76. The first-order valence-corrected chi connectivity index (χ1v) is 9.99. The number of nitrogens with zero attached hydrogens (tertiary/aromatic N) is 2. The van der Waals surface area contributed by atoms with Crippen LogP contribution >= 0.6 is 11.3 Å². The number of hydrogen-bond acceptors (Lipinski definition) is 3. The molecule has 2 aromatic heterocycles. The monoisotopic (exact) mass is 387 g/mol. The van der Waals surface area contributed by atoms with Crippen LogP contribution in [-0.4, -0.2) is 15.5 Å². The molecule has 0 bridgehead atoms. The summed E-state index contributed by atoms with van der Waals surface area (Å²) in [5, 5.41) is 5.51. The van der Waals surface area contributed by atoms with Gasteiger partial charge in [0.25, 0.3) is 5.91 Å². The van der Waals surface area contributed by atoms with E-state index in [1.54, 1.807) is 0 Å². The number of anilines is 1. The zero-order valence-corrected chi connectivity index (χ0v) is 16.9. The Kier molecular flexibility index (Phi) is 4.84. The van der Waals surface area contributed by atoms with Crippen molar-refractivity contribution < 1.29 is 4.79 Å². The molecule has 0 unspecified atom stereocenters. The molecule has 0 aliphatic heterocycles. The number of amides is 1. The smallest absolute Gasteiger partial charge is 0.259 e. The first-order chi connectivity index (χ1) is 13.5. The third kappa shape index (κ3) is 3.49. The lowest BCUT2D eigenvalue weighted by Crippen LogP contribution is -2.13. The number of rotatable bonds is 4. The van der Waals surface area contributed by atoms with Crippen molar-refractivity contribution in [2.75, 3.05) is 5.32 Å². The second-order valence-electron chi connectivity index (χ2n) is 6.81. The van der Waals surface area contributed by atoms with Gasteiger partial charge in [0.15, 0.2) is 5.13 Å². The second-order valence-corrected chi connectivity index (χ2v) is 7.67. The minimum atomic E-state index is -0.138. The van der Waals surface area contributed by atoms with Crippen LogP contribution in [0, 0.1) is 20.8 Å². The number of carbonyl (C=O) groups excluding carboxylic acids is 1. The molecule has 0 atom stereocenters. The summed E-state index contributed by atoms with van der Waals surface area (Å²) in [6.07, 6.45) is 0. The molecule has 0 aliphatic rings. The molecule has 0 aliphatic carbocycles. The van der Waals surface area contributed by atoms with Gasteiger partial charge in [-0.05, 0) is 39.0 Å². The Bertz CT molecular complexity index is 1120. The van der Waals surface area contributed by atoms with Crippen molar-refractivity contribution in [2.24, 2.45) is 0 Å². The highest BCUT2D eigenvalue weighted by molar-refractivity contribution is 7.14. The summed E-state index contributed by atoms with van der Waals surface area (Å²) < 4.78 is 2.10. The molecule has 1 N–H and O–H groups in total. The fraction of sp³-hybridized carbons (Fsp3) is 0.130. The molecule has 0 fully saturated rings. The molecule has 4 aromatic rings. The van der Waals surface area contributed by atoms with Crippen molar-refractivity contribution in [2.45, 2.75) is 20.8 Å². The van der Waals surface area contributed by atoms with E-state index in [-0.39, 0.29) is 5.91 Å². The zero-order chi connectivity index (χ0) is 19.7. The molecule has 2 heterocycles. The average molecular weight is 388 g/mol. The van der Waals surface area contributed by atoms with E-state index < -0.39 is 0 Å². The lowest BCUT2D eigenvalue weighted by molar-refractivity contribution is 0.102. The van der Waals surface area contributed by atoms with Gasteiger partial charge in [0.2, 0.25) is 0 Å². The van der Waals surface area contributed by atoms with Crippen LogP contribution < -0.4 is 5.32 Å². The molecular weight excluding hydrogens is 366 g/mol. The van der Waals surface area contributed by atoms with E-state index in [2.05, 4.69) is 46.1 Å². The van der Waals surface area contributed by atoms with Gasteiger partial charge in [0.05, 0.1) is 11.3 Å². The van der Waals surface area contributed by atoms with E-state index in [1.165, 1.54) is 16.9 Å². The summed E-state index contributed by atoms with van der Waals surface area (Å²) in [4.78, 5) is 17.4. The van der Waals surface area contributed by atoms with Gasteiger partial charge in [0.1, 0.15) is 0 Å². The van der Waals surface area contributed by atoms with Crippen LogP contribution in [0.4, 0.5) is 5.13 Å². The number of benzene rings is 2. The molecule has 28 heavy (non-hydrogen) atoms. The van der Waals surface area contributed by atoms with Gasteiger partial charge in [-0.15, -0.1) is 11.3 Å². The largest absolute Gasteiger partial charge is 0.318 e. The highest BCUT2D eigenvalue weighted by Gasteiger charge is 2.18. The summed E-state index contributed by atoms with van der Waals surface area (Å²) >= 11 is 1.43. The fourth-order valence-corrected chi connectivity index (χ4v) is 4.04. The summed E-state index contributed by atoms with van der Waals surface area (Å²) in [6, 6.07) is 20.2. The molecule has 1 amide bonds. The van der Waals surface area contributed by atoms with E-state index in [9.17, 15) is 4.79 Å². The van der Waals surface area contributed by atoms with Crippen molar-refractivity contribution in [1.29, 1.82) is 0 Å². The summed E-state index contributed by atoms with van der Waals surface area (Å²) in [5.41, 5.74) is 6.77. The predicted molar refractivity (Wildman–Crippen MR) is 115 cm³/mol. The SMILES string of the molecule is Cc1ccc(-n2c(C)cc(C(=O)Nc3nc(-c4ccccc4)cs3)c2C)cc1. The first-order valence-electron chi connectivity index (χ1n) is 9.11. The highest BCUT2D eigenvalue weighted by Crippen LogP contribution is 2.26. The van der Waals surface area contributed by atoms with Gasteiger partial charge < -0.3 is 4.57 Å². The van der Waals surface area contributed by atoms with Crippen LogP contribution in [0.15, 0.2) is 66.0 Å².